The van der Waals surface area contributed by atoms with Crippen molar-refractivity contribution in [2.24, 2.45) is 62.6 Å². The standard InChI is InChI=1S/C46H78N2O5/c1-30(2)29-34(40(51)53-10)48-38(50)17-15-13-11-12-14-16-28-47-41(52)46-25-20-32(31(3)4)39(46)33-18-19-36-43(7)23-22-37(49)42(5,6)35(43)21-24-45(36,9)44(33,8)26-27-46/h30,32-37,39,49H,3,11-29H2,1-2,4-10H3,(H,47,52)(H,48,50)/t32-,33+,34-,35-,36+,37-,39+,43-,44+,45+,46-/m0/s1. The van der Waals surface area contributed by atoms with Crippen LogP contribution in [0.2, 0.25) is 0 Å². The zero-order chi connectivity index (χ0) is 39.0. The zero-order valence-corrected chi connectivity index (χ0v) is 35.3. The molecule has 7 nitrogen and oxygen atoms in total. The Bertz CT molecular complexity index is 1340. The Balaban J connectivity index is 1.14. The number of amides is 2. The van der Waals surface area contributed by atoms with Crippen LogP contribution in [0.15, 0.2) is 12.2 Å². The van der Waals surface area contributed by atoms with Crippen LogP contribution in [0.4, 0.5) is 0 Å². The number of allylic oxidation sites excluding steroid dienone is 1. The molecule has 302 valence electrons. The average Bonchev–Trinajstić information content (AvgIpc) is 3.50. The van der Waals surface area contributed by atoms with Crippen LogP contribution >= 0.6 is 0 Å². The Morgan fingerprint density at radius 2 is 1.49 bits per heavy atom. The summed E-state index contributed by atoms with van der Waals surface area (Å²) in [6.07, 6.45) is 18.0. The Morgan fingerprint density at radius 3 is 2.15 bits per heavy atom. The SMILES string of the molecule is C=C(C)[C@@H]1CC[C@]2(C(=O)NCCCCCCCCC(=O)N[C@@H](CC(C)C)C(=O)OC)CC[C@]3(C)[C@H](CC[C@@H]4[C@@]5(C)CC[C@H](O)C(C)(C)[C@@H]5CC[C@]43C)[C@@H]12. The third kappa shape index (κ3) is 7.65. The van der Waals surface area contributed by atoms with Gasteiger partial charge in [-0.3, -0.25) is 9.59 Å². The molecule has 0 aromatic carbocycles. The lowest BCUT2D eigenvalue weighted by atomic mass is 9.32. The van der Waals surface area contributed by atoms with Crippen LogP contribution in [-0.2, 0) is 19.1 Å². The smallest absolute Gasteiger partial charge is 0.328 e. The maximum atomic E-state index is 14.5. The second-order valence-electron chi connectivity index (χ2n) is 20.6. The highest BCUT2D eigenvalue weighted by atomic mass is 16.5. The topological polar surface area (TPSA) is 105 Å². The van der Waals surface area contributed by atoms with Crippen LogP contribution in [0.25, 0.3) is 0 Å². The largest absolute Gasteiger partial charge is 0.467 e. The molecule has 53 heavy (non-hydrogen) atoms. The van der Waals surface area contributed by atoms with Crippen molar-refractivity contribution in [3.8, 4) is 0 Å². The van der Waals surface area contributed by atoms with Gasteiger partial charge in [0.2, 0.25) is 11.8 Å². The molecule has 0 heterocycles. The molecule has 0 radical (unpaired) electrons. The summed E-state index contributed by atoms with van der Waals surface area (Å²) in [6.45, 7) is 24.1. The van der Waals surface area contributed by atoms with Gasteiger partial charge in [-0.05, 0) is 148 Å². The van der Waals surface area contributed by atoms with Crippen molar-refractivity contribution in [2.75, 3.05) is 13.7 Å². The van der Waals surface area contributed by atoms with Crippen molar-refractivity contribution in [1.82, 2.24) is 10.6 Å². The second-order valence-corrected chi connectivity index (χ2v) is 20.6. The third-order valence-electron chi connectivity index (χ3n) is 17.1. The molecular formula is C46H78N2O5. The maximum absolute atomic E-state index is 14.5. The number of methoxy groups -OCH3 is 1. The molecule has 5 fully saturated rings. The van der Waals surface area contributed by atoms with E-state index in [1.807, 2.05) is 13.8 Å². The van der Waals surface area contributed by atoms with Gasteiger partial charge in [-0.1, -0.05) is 86.3 Å². The highest BCUT2D eigenvalue weighted by molar-refractivity contribution is 5.84. The Morgan fingerprint density at radius 1 is 0.811 bits per heavy atom. The molecule has 7 heteroatoms. The van der Waals surface area contributed by atoms with Crippen molar-refractivity contribution in [1.29, 1.82) is 0 Å². The van der Waals surface area contributed by atoms with Crippen LogP contribution in [0, 0.1) is 62.6 Å². The van der Waals surface area contributed by atoms with Crippen molar-refractivity contribution in [3.05, 3.63) is 12.2 Å². The van der Waals surface area contributed by atoms with Gasteiger partial charge in [0, 0.05) is 13.0 Å². The van der Waals surface area contributed by atoms with Crippen molar-refractivity contribution >= 4 is 17.8 Å². The summed E-state index contributed by atoms with van der Waals surface area (Å²) in [7, 11) is 1.36. The number of ether oxygens (including phenoxy) is 1. The summed E-state index contributed by atoms with van der Waals surface area (Å²) in [4.78, 5) is 39.0. The number of aliphatic hydroxyl groups excluding tert-OH is 1. The predicted molar refractivity (Wildman–Crippen MR) is 214 cm³/mol. The van der Waals surface area contributed by atoms with Gasteiger partial charge >= 0.3 is 5.97 Å². The molecule has 11 atom stereocenters. The lowest BCUT2D eigenvalue weighted by Crippen LogP contribution is -2.67. The van der Waals surface area contributed by atoms with Gasteiger partial charge in [0.25, 0.3) is 0 Å². The van der Waals surface area contributed by atoms with Crippen molar-refractivity contribution in [3.63, 3.8) is 0 Å². The van der Waals surface area contributed by atoms with Gasteiger partial charge < -0.3 is 20.5 Å². The number of carbonyl (C=O) groups excluding carboxylic acids is 3. The van der Waals surface area contributed by atoms with E-state index in [0.29, 0.717) is 54.3 Å². The molecule has 0 unspecified atom stereocenters. The lowest BCUT2D eigenvalue weighted by Gasteiger charge is -2.72. The van der Waals surface area contributed by atoms with E-state index in [0.717, 1.165) is 83.6 Å². The van der Waals surface area contributed by atoms with Crippen molar-refractivity contribution < 1.29 is 24.2 Å². The number of nitrogens with one attached hydrogen (secondary N) is 2. The number of hydrogen-bond acceptors (Lipinski definition) is 5. The lowest BCUT2D eigenvalue weighted by molar-refractivity contribution is -0.246. The van der Waals surface area contributed by atoms with Gasteiger partial charge in [0.15, 0.2) is 0 Å². The summed E-state index contributed by atoms with van der Waals surface area (Å²) < 4.78 is 4.87. The van der Waals surface area contributed by atoms with Crippen LogP contribution in [0.1, 0.15) is 171 Å². The average molecular weight is 739 g/mol. The Kier molecular flexibility index (Phi) is 13.0. The van der Waals surface area contributed by atoms with E-state index in [-0.39, 0.29) is 45.1 Å². The molecule has 0 saturated heterocycles. The molecule has 5 saturated carbocycles. The molecule has 3 N–H and O–H groups in total. The summed E-state index contributed by atoms with van der Waals surface area (Å²) in [5.74, 6) is 2.71. The summed E-state index contributed by atoms with van der Waals surface area (Å²) in [5, 5.41) is 17.4. The van der Waals surface area contributed by atoms with Crippen LogP contribution in [-0.4, -0.2) is 48.7 Å². The minimum absolute atomic E-state index is 0.0362. The van der Waals surface area contributed by atoms with Crippen molar-refractivity contribution in [2.45, 2.75) is 183 Å². The zero-order valence-electron chi connectivity index (χ0n) is 35.3. The first kappa shape index (κ1) is 42.3. The number of fused-ring (bicyclic) bond motifs is 7. The molecule has 0 spiro atoms. The number of unbranched alkanes of at least 4 members (excludes halogenated alkanes) is 5. The third-order valence-corrected chi connectivity index (χ3v) is 17.1. The van der Waals surface area contributed by atoms with Gasteiger partial charge in [-0.25, -0.2) is 4.79 Å². The van der Waals surface area contributed by atoms with E-state index < -0.39 is 6.04 Å². The van der Waals surface area contributed by atoms with Gasteiger partial charge in [-0.2, -0.15) is 0 Å². The number of rotatable bonds is 15. The van der Waals surface area contributed by atoms with Crippen LogP contribution in [0.3, 0.4) is 0 Å². The molecule has 5 rings (SSSR count). The molecule has 2 amide bonds. The summed E-state index contributed by atoms with van der Waals surface area (Å²) in [5.41, 5.74) is 1.66. The Hall–Kier alpha value is -1.89. The fraction of sp³-hybridized carbons (Fsp3) is 0.891. The molecule has 0 aliphatic heterocycles. The molecule has 0 bridgehead atoms. The van der Waals surface area contributed by atoms with Gasteiger partial charge in [0.1, 0.15) is 6.04 Å². The van der Waals surface area contributed by atoms with E-state index in [1.165, 1.54) is 38.4 Å². The van der Waals surface area contributed by atoms with Gasteiger partial charge in [-0.15, -0.1) is 0 Å². The first-order valence-electron chi connectivity index (χ1n) is 21.9. The van der Waals surface area contributed by atoms with Crippen LogP contribution in [0.5, 0.6) is 0 Å². The highest BCUT2D eigenvalue weighted by Crippen LogP contribution is 2.77. The minimum Gasteiger partial charge on any atom is -0.467 e. The minimum atomic E-state index is -0.570. The van der Waals surface area contributed by atoms with E-state index in [9.17, 15) is 19.5 Å². The highest BCUT2D eigenvalue weighted by Gasteiger charge is 2.71. The van der Waals surface area contributed by atoms with Crippen LogP contribution < -0.4 is 10.6 Å². The molecule has 5 aliphatic rings. The van der Waals surface area contributed by atoms with Gasteiger partial charge in [0.05, 0.1) is 18.6 Å². The van der Waals surface area contributed by atoms with E-state index in [1.54, 1.807) is 0 Å². The maximum Gasteiger partial charge on any atom is 0.328 e. The summed E-state index contributed by atoms with van der Waals surface area (Å²) in [6, 6.07) is -0.570. The number of hydrogen-bond donors (Lipinski definition) is 3. The number of aliphatic hydroxyl groups is 1. The predicted octanol–water partition coefficient (Wildman–Crippen LogP) is 9.56. The number of esters is 1. The Labute approximate surface area is 323 Å². The first-order chi connectivity index (χ1) is 24.9. The molecule has 0 aromatic rings. The number of carbonyl (C=O) groups is 3. The summed E-state index contributed by atoms with van der Waals surface area (Å²) >= 11 is 0. The molecule has 0 aromatic heterocycles. The second kappa shape index (κ2) is 16.3. The quantitative estimate of drug-likeness (QED) is 0.0882. The van der Waals surface area contributed by atoms with E-state index in [4.69, 9.17) is 4.74 Å². The molecule has 5 aliphatic carbocycles. The fourth-order valence-electron chi connectivity index (χ4n) is 14.1. The first-order valence-corrected chi connectivity index (χ1v) is 21.9. The van der Waals surface area contributed by atoms with E-state index >= 15 is 0 Å². The normalized spacial score (nSPS) is 39.2. The molecular weight excluding hydrogens is 661 g/mol. The fourth-order valence-corrected chi connectivity index (χ4v) is 14.1. The van der Waals surface area contributed by atoms with E-state index in [2.05, 4.69) is 58.8 Å². The monoisotopic (exact) mass is 739 g/mol.